The summed E-state index contributed by atoms with van der Waals surface area (Å²) in [6, 6.07) is 3.83. The first-order valence-electron chi connectivity index (χ1n) is 7.15. The molecule has 1 N–H and O–H groups in total. The van der Waals surface area contributed by atoms with Crippen LogP contribution in [0.2, 0.25) is 0 Å². The normalized spacial score (nSPS) is 15.8. The number of hydrogen-bond acceptors (Lipinski definition) is 4. The highest BCUT2D eigenvalue weighted by Crippen LogP contribution is 2.22. The molecule has 0 aromatic carbocycles. The Morgan fingerprint density at radius 3 is 3.00 bits per heavy atom. The summed E-state index contributed by atoms with van der Waals surface area (Å²) in [5.74, 6) is 1.23. The lowest BCUT2D eigenvalue weighted by Gasteiger charge is -2.22. The van der Waals surface area contributed by atoms with Crippen molar-refractivity contribution in [3.8, 4) is 5.88 Å². The molecule has 1 heterocycles. The molecular weight excluding hydrogens is 272 g/mol. The van der Waals surface area contributed by atoms with Crippen LogP contribution in [0, 0.1) is 0 Å². The van der Waals surface area contributed by atoms with Crippen molar-refractivity contribution in [1.82, 2.24) is 10.3 Å². The molecule has 5 heteroatoms. The molecule has 0 bridgehead atoms. The standard InChI is InChI=1S/C15H22N2O2S/c1-20-11-14(18)17-10-12-7-8-16-15(9-12)19-13-5-3-2-4-6-13/h7-9,13H,2-6,10-11H2,1H3,(H,17,18). The first-order chi connectivity index (χ1) is 9.78. The maximum atomic E-state index is 11.4. The number of aromatic nitrogens is 1. The summed E-state index contributed by atoms with van der Waals surface area (Å²) in [5, 5.41) is 2.89. The van der Waals surface area contributed by atoms with E-state index in [9.17, 15) is 4.79 Å². The van der Waals surface area contributed by atoms with Gasteiger partial charge < -0.3 is 10.1 Å². The molecule has 0 aliphatic heterocycles. The van der Waals surface area contributed by atoms with Gasteiger partial charge in [-0.15, -0.1) is 0 Å². The van der Waals surface area contributed by atoms with Crippen molar-refractivity contribution >= 4 is 17.7 Å². The van der Waals surface area contributed by atoms with Crippen LogP contribution < -0.4 is 10.1 Å². The molecule has 1 saturated carbocycles. The Morgan fingerprint density at radius 1 is 1.45 bits per heavy atom. The second-order valence-electron chi connectivity index (χ2n) is 5.09. The molecule has 0 atom stereocenters. The van der Waals surface area contributed by atoms with Crippen molar-refractivity contribution in [1.29, 1.82) is 0 Å². The lowest BCUT2D eigenvalue weighted by molar-refractivity contribution is -0.118. The number of rotatable bonds is 6. The fourth-order valence-electron chi connectivity index (χ4n) is 2.36. The largest absolute Gasteiger partial charge is 0.474 e. The van der Waals surface area contributed by atoms with Gasteiger partial charge in [-0.1, -0.05) is 6.42 Å². The predicted molar refractivity (Wildman–Crippen MR) is 82.0 cm³/mol. The second kappa shape index (κ2) is 8.15. The van der Waals surface area contributed by atoms with Crippen LogP contribution in [0.1, 0.15) is 37.7 Å². The van der Waals surface area contributed by atoms with Crippen LogP contribution in [0.25, 0.3) is 0 Å². The molecule has 20 heavy (non-hydrogen) atoms. The fraction of sp³-hybridized carbons (Fsp3) is 0.600. The molecule has 1 aromatic heterocycles. The lowest BCUT2D eigenvalue weighted by Crippen LogP contribution is -2.24. The summed E-state index contributed by atoms with van der Waals surface area (Å²) < 4.78 is 5.92. The van der Waals surface area contributed by atoms with Gasteiger partial charge in [0.2, 0.25) is 11.8 Å². The third-order valence-corrected chi connectivity index (χ3v) is 3.95. The first-order valence-corrected chi connectivity index (χ1v) is 8.54. The monoisotopic (exact) mass is 294 g/mol. The Morgan fingerprint density at radius 2 is 2.25 bits per heavy atom. The minimum atomic E-state index is 0.0593. The van der Waals surface area contributed by atoms with Gasteiger partial charge in [-0.05, 0) is 43.6 Å². The highest BCUT2D eigenvalue weighted by molar-refractivity contribution is 7.99. The molecule has 0 saturated heterocycles. The zero-order valence-corrected chi connectivity index (χ0v) is 12.7. The van der Waals surface area contributed by atoms with Crippen molar-refractivity contribution in [2.45, 2.75) is 44.8 Å². The van der Waals surface area contributed by atoms with Crippen LogP contribution in [-0.4, -0.2) is 29.0 Å². The van der Waals surface area contributed by atoms with Crippen molar-refractivity contribution in [3.05, 3.63) is 23.9 Å². The number of hydrogen-bond donors (Lipinski definition) is 1. The van der Waals surface area contributed by atoms with Gasteiger partial charge in [0.1, 0.15) is 6.10 Å². The molecule has 0 unspecified atom stereocenters. The Hall–Kier alpha value is -1.23. The first kappa shape index (κ1) is 15.2. The zero-order valence-electron chi connectivity index (χ0n) is 11.9. The molecule has 110 valence electrons. The van der Waals surface area contributed by atoms with Crippen molar-refractivity contribution in [2.75, 3.05) is 12.0 Å². The van der Waals surface area contributed by atoms with E-state index in [1.54, 1.807) is 6.20 Å². The summed E-state index contributed by atoms with van der Waals surface area (Å²) in [6.07, 6.45) is 10.0. The zero-order chi connectivity index (χ0) is 14.2. The number of carbonyl (C=O) groups excluding carboxylic acids is 1. The van der Waals surface area contributed by atoms with Gasteiger partial charge in [0.25, 0.3) is 0 Å². The van der Waals surface area contributed by atoms with E-state index >= 15 is 0 Å². The SMILES string of the molecule is CSCC(=O)NCc1ccnc(OC2CCCCC2)c1. The smallest absolute Gasteiger partial charge is 0.230 e. The molecule has 2 rings (SSSR count). The van der Waals surface area contributed by atoms with Crippen molar-refractivity contribution < 1.29 is 9.53 Å². The molecule has 1 aliphatic carbocycles. The van der Waals surface area contributed by atoms with E-state index in [2.05, 4.69) is 10.3 Å². The van der Waals surface area contributed by atoms with Gasteiger partial charge >= 0.3 is 0 Å². The number of ether oxygens (including phenoxy) is 1. The number of amides is 1. The van der Waals surface area contributed by atoms with Crippen LogP contribution in [0.15, 0.2) is 18.3 Å². The summed E-state index contributed by atoms with van der Waals surface area (Å²) in [4.78, 5) is 15.7. The van der Waals surface area contributed by atoms with Gasteiger partial charge in [-0.25, -0.2) is 4.98 Å². The van der Waals surface area contributed by atoms with Crippen molar-refractivity contribution in [3.63, 3.8) is 0 Å². The molecule has 1 amide bonds. The van der Waals surface area contributed by atoms with E-state index in [-0.39, 0.29) is 5.91 Å². The van der Waals surface area contributed by atoms with Crippen molar-refractivity contribution in [2.24, 2.45) is 0 Å². The topological polar surface area (TPSA) is 51.2 Å². The van der Waals surface area contributed by atoms with E-state index in [1.165, 1.54) is 31.0 Å². The van der Waals surface area contributed by atoms with E-state index < -0.39 is 0 Å². The predicted octanol–water partition coefficient (Wildman–Crippen LogP) is 2.77. The minimum Gasteiger partial charge on any atom is -0.474 e. The van der Waals surface area contributed by atoms with Gasteiger partial charge in [0, 0.05) is 18.8 Å². The molecule has 1 aromatic rings. The second-order valence-corrected chi connectivity index (χ2v) is 5.96. The molecule has 4 nitrogen and oxygen atoms in total. The Labute approximate surface area is 124 Å². The fourth-order valence-corrected chi connectivity index (χ4v) is 2.73. The average Bonchev–Trinajstić information content (AvgIpc) is 2.47. The Balaban J connectivity index is 1.85. The van der Waals surface area contributed by atoms with Gasteiger partial charge in [0.05, 0.1) is 5.75 Å². The molecule has 0 radical (unpaired) electrons. The number of thioether (sulfide) groups is 1. The van der Waals surface area contributed by atoms with Crippen LogP contribution in [0.3, 0.4) is 0 Å². The van der Waals surface area contributed by atoms with E-state index in [1.807, 2.05) is 18.4 Å². The molecule has 1 fully saturated rings. The Bertz CT molecular complexity index is 434. The van der Waals surface area contributed by atoms with Crippen LogP contribution >= 0.6 is 11.8 Å². The minimum absolute atomic E-state index is 0.0593. The molecule has 0 spiro atoms. The Kier molecular flexibility index (Phi) is 6.18. The number of carbonyl (C=O) groups is 1. The van der Waals surface area contributed by atoms with Gasteiger partial charge in [0.15, 0.2) is 0 Å². The maximum absolute atomic E-state index is 11.4. The molecule has 1 aliphatic rings. The third-order valence-electron chi connectivity index (χ3n) is 3.40. The molecular formula is C15H22N2O2S. The van der Waals surface area contributed by atoms with Crippen LogP contribution in [0.4, 0.5) is 0 Å². The van der Waals surface area contributed by atoms with E-state index in [0.29, 0.717) is 24.3 Å². The van der Waals surface area contributed by atoms with Gasteiger partial charge in [-0.2, -0.15) is 11.8 Å². The summed E-state index contributed by atoms with van der Waals surface area (Å²) >= 11 is 1.52. The van der Waals surface area contributed by atoms with Crippen LogP contribution in [-0.2, 0) is 11.3 Å². The average molecular weight is 294 g/mol. The summed E-state index contributed by atoms with van der Waals surface area (Å²) in [7, 11) is 0. The highest BCUT2D eigenvalue weighted by atomic mass is 32.2. The van der Waals surface area contributed by atoms with Crippen LogP contribution in [0.5, 0.6) is 5.88 Å². The summed E-state index contributed by atoms with van der Waals surface area (Å²) in [5.41, 5.74) is 1.03. The summed E-state index contributed by atoms with van der Waals surface area (Å²) in [6.45, 7) is 0.531. The lowest BCUT2D eigenvalue weighted by atomic mass is 9.98. The quantitative estimate of drug-likeness (QED) is 0.876. The maximum Gasteiger partial charge on any atom is 0.230 e. The number of nitrogens with one attached hydrogen (secondary N) is 1. The van der Waals surface area contributed by atoms with E-state index in [0.717, 1.165) is 18.4 Å². The number of nitrogens with zero attached hydrogens (tertiary/aromatic N) is 1. The third kappa shape index (κ3) is 5.04. The van der Waals surface area contributed by atoms with Gasteiger partial charge in [-0.3, -0.25) is 4.79 Å². The number of pyridine rings is 1. The highest BCUT2D eigenvalue weighted by Gasteiger charge is 2.15. The van der Waals surface area contributed by atoms with E-state index in [4.69, 9.17) is 4.74 Å².